The van der Waals surface area contributed by atoms with Crippen molar-refractivity contribution in [2.75, 3.05) is 13.1 Å². The number of hydrogen-bond acceptors (Lipinski definition) is 3. The highest BCUT2D eigenvalue weighted by Gasteiger charge is 2.26. The molecule has 1 heterocycles. The van der Waals surface area contributed by atoms with E-state index in [1.54, 1.807) is 0 Å². The smallest absolute Gasteiger partial charge is 0.310 e. The van der Waals surface area contributed by atoms with Gasteiger partial charge in [-0.3, -0.25) is 4.79 Å². The number of carbonyl (C=O) groups is 1. The number of ether oxygens (including phenoxy) is 1. The zero-order valence-corrected chi connectivity index (χ0v) is 8.63. The molecule has 80 valence electrons. The van der Waals surface area contributed by atoms with Crippen LogP contribution in [0.1, 0.15) is 38.5 Å². The fourth-order valence-corrected chi connectivity index (χ4v) is 2.30. The molecular weight excluding hydrogens is 178 g/mol. The average Bonchev–Trinajstić information content (AvgIpc) is 2.72. The SMILES string of the molecule is O=C(OC1CCCCC1)C1CCNC1. The maximum Gasteiger partial charge on any atom is 0.310 e. The van der Waals surface area contributed by atoms with Crippen LogP contribution >= 0.6 is 0 Å². The summed E-state index contributed by atoms with van der Waals surface area (Å²) >= 11 is 0. The lowest BCUT2D eigenvalue weighted by molar-refractivity contribution is -0.154. The summed E-state index contributed by atoms with van der Waals surface area (Å²) in [6, 6.07) is 0. The van der Waals surface area contributed by atoms with Crippen LogP contribution in [0.15, 0.2) is 0 Å². The standard InChI is InChI=1S/C11H19NO2/c13-11(9-6-7-12-8-9)14-10-4-2-1-3-5-10/h9-10,12H,1-8H2. The Balaban J connectivity index is 1.75. The molecule has 1 saturated heterocycles. The zero-order valence-electron chi connectivity index (χ0n) is 8.63. The van der Waals surface area contributed by atoms with E-state index in [1.165, 1.54) is 19.3 Å². The number of esters is 1. The van der Waals surface area contributed by atoms with E-state index in [1.807, 2.05) is 0 Å². The van der Waals surface area contributed by atoms with Crippen LogP contribution in [0.5, 0.6) is 0 Å². The molecule has 0 spiro atoms. The van der Waals surface area contributed by atoms with Crippen LogP contribution in [-0.2, 0) is 9.53 Å². The van der Waals surface area contributed by atoms with Crippen LogP contribution in [0, 0.1) is 5.92 Å². The summed E-state index contributed by atoms with van der Waals surface area (Å²) in [7, 11) is 0. The van der Waals surface area contributed by atoms with Gasteiger partial charge in [-0.25, -0.2) is 0 Å². The van der Waals surface area contributed by atoms with Gasteiger partial charge in [-0.1, -0.05) is 6.42 Å². The molecule has 2 aliphatic rings. The molecule has 0 aromatic carbocycles. The Bertz CT molecular complexity index is 193. The monoisotopic (exact) mass is 197 g/mol. The Labute approximate surface area is 85.2 Å². The first-order chi connectivity index (χ1) is 6.86. The van der Waals surface area contributed by atoms with Gasteiger partial charge in [0.05, 0.1) is 5.92 Å². The van der Waals surface area contributed by atoms with Crippen LogP contribution in [0.2, 0.25) is 0 Å². The second kappa shape index (κ2) is 4.78. The Hall–Kier alpha value is -0.570. The molecule has 3 heteroatoms. The van der Waals surface area contributed by atoms with Crippen molar-refractivity contribution in [3.8, 4) is 0 Å². The summed E-state index contributed by atoms with van der Waals surface area (Å²) in [6.07, 6.45) is 7.07. The molecule has 0 radical (unpaired) electrons. The van der Waals surface area contributed by atoms with Gasteiger partial charge in [0.25, 0.3) is 0 Å². The maximum atomic E-state index is 11.7. The first-order valence-electron chi connectivity index (χ1n) is 5.77. The number of carbonyl (C=O) groups excluding carboxylic acids is 1. The summed E-state index contributed by atoms with van der Waals surface area (Å²) in [5.74, 6) is 0.152. The maximum absolute atomic E-state index is 11.7. The van der Waals surface area contributed by atoms with E-state index in [0.29, 0.717) is 0 Å². The molecule has 1 saturated carbocycles. The van der Waals surface area contributed by atoms with Gasteiger partial charge < -0.3 is 10.1 Å². The van der Waals surface area contributed by atoms with E-state index in [4.69, 9.17) is 4.74 Å². The molecule has 0 bridgehead atoms. The van der Waals surface area contributed by atoms with Gasteiger partial charge >= 0.3 is 5.97 Å². The third-order valence-corrected chi connectivity index (χ3v) is 3.23. The molecule has 2 fully saturated rings. The first-order valence-corrected chi connectivity index (χ1v) is 5.77. The van der Waals surface area contributed by atoms with E-state index < -0.39 is 0 Å². The summed E-state index contributed by atoms with van der Waals surface area (Å²) < 4.78 is 5.50. The fraction of sp³-hybridized carbons (Fsp3) is 0.909. The normalized spacial score (nSPS) is 29.0. The van der Waals surface area contributed by atoms with Crippen LogP contribution in [-0.4, -0.2) is 25.2 Å². The summed E-state index contributed by atoms with van der Waals surface area (Å²) in [6.45, 7) is 1.77. The van der Waals surface area contributed by atoms with Crippen LogP contribution < -0.4 is 5.32 Å². The third kappa shape index (κ3) is 2.47. The molecule has 1 unspecified atom stereocenters. The van der Waals surface area contributed by atoms with Gasteiger partial charge in [0.15, 0.2) is 0 Å². The van der Waals surface area contributed by atoms with Crippen LogP contribution in [0.25, 0.3) is 0 Å². The molecule has 1 aliphatic heterocycles. The quantitative estimate of drug-likeness (QED) is 0.681. The van der Waals surface area contributed by atoms with E-state index in [-0.39, 0.29) is 18.0 Å². The van der Waals surface area contributed by atoms with Crippen molar-refractivity contribution in [2.45, 2.75) is 44.6 Å². The van der Waals surface area contributed by atoms with Gasteiger partial charge in [0.2, 0.25) is 0 Å². The highest BCUT2D eigenvalue weighted by atomic mass is 16.5. The van der Waals surface area contributed by atoms with Crippen molar-refractivity contribution >= 4 is 5.97 Å². The van der Waals surface area contributed by atoms with E-state index in [2.05, 4.69) is 5.32 Å². The predicted octanol–water partition coefficient (Wildman–Crippen LogP) is 1.47. The summed E-state index contributed by atoms with van der Waals surface area (Å²) in [4.78, 5) is 11.7. The first kappa shape index (κ1) is 9.97. The minimum Gasteiger partial charge on any atom is -0.462 e. The Kier molecular flexibility index (Phi) is 3.40. The molecule has 1 N–H and O–H groups in total. The Morgan fingerprint density at radius 3 is 2.57 bits per heavy atom. The highest BCUT2D eigenvalue weighted by molar-refractivity contribution is 5.73. The van der Waals surface area contributed by atoms with E-state index in [0.717, 1.165) is 32.4 Å². The molecule has 1 atom stereocenters. The molecule has 0 aromatic heterocycles. The largest absolute Gasteiger partial charge is 0.462 e. The number of rotatable bonds is 2. The topological polar surface area (TPSA) is 38.3 Å². The fourth-order valence-electron chi connectivity index (χ4n) is 2.30. The van der Waals surface area contributed by atoms with Crippen LogP contribution in [0.3, 0.4) is 0 Å². The lowest BCUT2D eigenvalue weighted by atomic mass is 9.97. The predicted molar refractivity (Wildman–Crippen MR) is 53.9 cm³/mol. The van der Waals surface area contributed by atoms with Gasteiger partial charge in [0, 0.05) is 6.54 Å². The van der Waals surface area contributed by atoms with Crippen molar-refractivity contribution < 1.29 is 9.53 Å². The van der Waals surface area contributed by atoms with Gasteiger partial charge in [0.1, 0.15) is 6.10 Å². The van der Waals surface area contributed by atoms with Crippen molar-refractivity contribution in [2.24, 2.45) is 5.92 Å². The van der Waals surface area contributed by atoms with Gasteiger partial charge in [-0.05, 0) is 38.6 Å². The van der Waals surface area contributed by atoms with Crippen molar-refractivity contribution in [3.63, 3.8) is 0 Å². The van der Waals surface area contributed by atoms with Crippen molar-refractivity contribution in [1.29, 1.82) is 0 Å². The lowest BCUT2D eigenvalue weighted by Gasteiger charge is -2.23. The molecule has 3 nitrogen and oxygen atoms in total. The van der Waals surface area contributed by atoms with Gasteiger partial charge in [-0.2, -0.15) is 0 Å². The van der Waals surface area contributed by atoms with E-state index >= 15 is 0 Å². The summed E-state index contributed by atoms with van der Waals surface area (Å²) in [5.41, 5.74) is 0. The number of nitrogens with one attached hydrogen (secondary N) is 1. The Morgan fingerprint density at radius 1 is 1.14 bits per heavy atom. The molecular formula is C11H19NO2. The molecule has 0 aromatic rings. The highest BCUT2D eigenvalue weighted by Crippen LogP contribution is 2.22. The van der Waals surface area contributed by atoms with E-state index in [9.17, 15) is 4.79 Å². The number of hydrogen-bond donors (Lipinski definition) is 1. The van der Waals surface area contributed by atoms with Crippen molar-refractivity contribution in [3.05, 3.63) is 0 Å². The van der Waals surface area contributed by atoms with Crippen LogP contribution in [0.4, 0.5) is 0 Å². The lowest BCUT2D eigenvalue weighted by Crippen LogP contribution is -2.27. The zero-order chi connectivity index (χ0) is 9.80. The second-order valence-electron chi connectivity index (χ2n) is 4.39. The van der Waals surface area contributed by atoms with Crippen molar-refractivity contribution in [1.82, 2.24) is 5.32 Å². The molecule has 2 rings (SSSR count). The molecule has 1 aliphatic carbocycles. The third-order valence-electron chi connectivity index (χ3n) is 3.23. The average molecular weight is 197 g/mol. The van der Waals surface area contributed by atoms with Gasteiger partial charge in [-0.15, -0.1) is 0 Å². The molecule has 14 heavy (non-hydrogen) atoms. The minimum atomic E-state index is 0.0295. The second-order valence-corrected chi connectivity index (χ2v) is 4.39. The Morgan fingerprint density at radius 2 is 1.93 bits per heavy atom. The minimum absolute atomic E-state index is 0.0295. The summed E-state index contributed by atoms with van der Waals surface area (Å²) in [5, 5.41) is 3.19. The molecule has 0 amide bonds.